The van der Waals surface area contributed by atoms with Crippen molar-refractivity contribution in [2.45, 2.75) is 19.1 Å². The number of amides is 2. The van der Waals surface area contributed by atoms with Gasteiger partial charge in [-0.2, -0.15) is 0 Å². The van der Waals surface area contributed by atoms with Crippen LogP contribution >= 0.6 is 23.1 Å². The van der Waals surface area contributed by atoms with Crippen LogP contribution in [-0.2, 0) is 9.59 Å². The molecule has 5 nitrogen and oxygen atoms in total. The van der Waals surface area contributed by atoms with E-state index < -0.39 is 5.25 Å². The molecule has 1 unspecified atom stereocenters. The molecule has 140 valence electrons. The molecule has 0 saturated heterocycles. The molecular weight excluding hydrogens is 385 g/mol. The van der Waals surface area contributed by atoms with Gasteiger partial charge in [0.15, 0.2) is 5.13 Å². The van der Waals surface area contributed by atoms with E-state index in [0.717, 1.165) is 15.8 Å². The SMILES string of the molecule is Cc1ccc2nc(NC(=O)C(C)SCC(=O)Nc3ccc(F)cc3)sc2c1. The topological polar surface area (TPSA) is 71.1 Å². The van der Waals surface area contributed by atoms with Crippen molar-refractivity contribution in [2.24, 2.45) is 0 Å². The predicted octanol–water partition coefficient (Wildman–Crippen LogP) is 4.44. The highest BCUT2D eigenvalue weighted by Crippen LogP contribution is 2.27. The van der Waals surface area contributed by atoms with Crippen molar-refractivity contribution >= 4 is 55.9 Å². The summed E-state index contributed by atoms with van der Waals surface area (Å²) >= 11 is 2.64. The van der Waals surface area contributed by atoms with E-state index >= 15 is 0 Å². The molecule has 0 aliphatic rings. The average Bonchev–Trinajstić information content (AvgIpc) is 3.02. The number of nitrogens with one attached hydrogen (secondary N) is 2. The summed E-state index contributed by atoms with van der Waals surface area (Å²) in [6.45, 7) is 3.75. The molecule has 3 rings (SSSR count). The number of fused-ring (bicyclic) bond motifs is 1. The van der Waals surface area contributed by atoms with Gasteiger partial charge in [0, 0.05) is 5.69 Å². The zero-order valence-corrected chi connectivity index (χ0v) is 16.4. The predicted molar refractivity (Wildman–Crippen MR) is 110 cm³/mol. The van der Waals surface area contributed by atoms with Gasteiger partial charge in [-0.25, -0.2) is 9.37 Å². The summed E-state index contributed by atoms with van der Waals surface area (Å²) in [7, 11) is 0. The van der Waals surface area contributed by atoms with E-state index in [2.05, 4.69) is 15.6 Å². The third-order valence-electron chi connectivity index (χ3n) is 3.74. The van der Waals surface area contributed by atoms with Gasteiger partial charge in [-0.3, -0.25) is 9.59 Å². The molecule has 0 saturated carbocycles. The lowest BCUT2D eigenvalue weighted by molar-refractivity contribution is -0.115. The minimum atomic E-state index is -0.419. The minimum Gasteiger partial charge on any atom is -0.325 e. The van der Waals surface area contributed by atoms with Crippen molar-refractivity contribution in [3.8, 4) is 0 Å². The van der Waals surface area contributed by atoms with Gasteiger partial charge in [-0.1, -0.05) is 17.4 Å². The Bertz CT molecular complexity index is 973. The van der Waals surface area contributed by atoms with Crippen molar-refractivity contribution in [3.05, 3.63) is 53.8 Å². The molecule has 3 aromatic rings. The molecule has 2 amide bonds. The number of benzene rings is 2. The fourth-order valence-corrected chi connectivity index (χ4v) is 3.95. The third-order valence-corrected chi connectivity index (χ3v) is 5.81. The lowest BCUT2D eigenvalue weighted by Crippen LogP contribution is -2.24. The van der Waals surface area contributed by atoms with Gasteiger partial charge in [0.2, 0.25) is 11.8 Å². The minimum absolute atomic E-state index is 0.116. The quantitative estimate of drug-likeness (QED) is 0.638. The number of aromatic nitrogens is 1. The Hall–Kier alpha value is -2.45. The van der Waals surface area contributed by atoms with Gasteiger partial charge < -0.3 is 10.6 Å². The van der Waals surface area contributed by atoms with Crippen LogP contribution in [0.25, 0.3) is 10.2 Å². The second-order valence-corrected chi connectivity index (χ2v) is 8.35. The molecule has 27 heavy (non-hydrogen) atoms. The first-order valence-corrected chi connectivity index (χ1v) is 10.1. The summed E-state index contributed by atoms with van der Waals surface area (Å²) in [4.78, 5) is 28.7. The Kier molecular flexibility index (Phi) is 6.08. The van der Waals surface area contributed by atoms with E-state index in [9.17, 15) is 14.0 Å². The number of hydrogen-bond donors (Lipinski definition) is 2. The number of anilines is 2. The molecule has 0 aliphatic carbocycles. The van der Waals surface area contributed by atoms with Gasteiger partial charge in [0.05, 0.1) is 21.2 Å². The number of carbonyl (C=O) groups is 2. The van der Waals surface area contributed by atoms with E-state index in [1.54, 1.807) is 6.92 Å². The van der Waals surface area contributed by atoms with Crippen LogP contribution in [0.2, 0.25) is 0 Å². The van der Waals surface area contributed by atoms with Crippen LogP contribution in [0.1, 0.15) is 12.5 Å². The van der Waals surface area contributed by atoms with Gasteiger partial charge in [-0.05, 0) is 55.8 Å². The molecule has 2 aromatic carbocycles. The zero-order valence-electron chi connectivity index (χ0n) is 14.8. The Balaban J connectivity index is 1.50. The van der Waals surface area contributed by atoms with Crippen molar-refractivity contribution in [1.82, 2.24) is 4.98 Å². The normalized spacial score (nSPS) is 12.0. The number of nitrogens with zero attached hydrogens (tertiary/aromatic N) is 1. The van der Waals surface area contributed by atoms with Crippen LogP contribution in [0.5, 0.6) is 0 Å². The summed E-state index contributed by atoms with van der Waals surface area (Å²) in [5.74, 6) is -0.699. The molecule has 8 heteroatoms. The Morgan fingerprint density at radius 1 is 1.19 bits per heavy atom. The molecular formula is C19H18FN3O2S2. The van der Waals surface area contributed by atoms with Crippen molar-refractivity contribution in [2.75, 3.05) is 16.4 Å². The van der Waals surface area contributed by atoms with E-state index in [-0.39, 0.29) is 23.4 Å². The highest BCUT2D eigenvalue weighted by atomic mass is 32.2. The van der Waals surface area contributed by atoms with Gasteiger partial charge in [0.25, 0.3) is 0 Å². The lowest BCUT2D eigenvalue weighted by Gasteiger charge is -2.10. The summed E-state index contributed by atoms with van der Waals surface area (Å²) in [6.07, 6.45) is 0. The van der Waals surface area contributed by atoms with Crippen LogP contribution in [0.4, 0.5) is 15.2 Å². The van der Waals surface area contributed by atoms with Crippen LogP contribution in [0, 0.1) is 12.7 Å². The maximum Gasteiger partial charge on any atom is 0.239 e. The number of thioether (sulfide) groups is 1. The molecule has 0 bridgehead atoms. The summed E-state index contributed by atoms with van der Waals surface area (Å²) in [6, 6.07) is 11.5. The fraction of sp³-hybridized carbons (Fsp3) is 0.211. The van der Waals surface area contributed by atoms with E-state index in [1.165, 1.54) is 47.4 Å². The first-order chi connectivity index (χ1) is 12.9. The number of hydrogen-bond acceptors (Lipinski definition) is 5. The molecule has 0 fully saturated rings. The van der Waals surface area contributed by atoms with Crippen molar-refractivity contribution in [1.29, 1.82) is 0 Å². The maximum absolute atomic E-state index is 12.9. The second kappa shape index (κ2) is 8.49. The zero-order chi connectivity index (χ0) is 19.4. The molecule has 0 spiro atoms. The number of rotatable bonds is 6. The smallest absolute Gasteiger partial charge is 0.239 e. The fourth-order valence-electron chi connectivity index (χ4n) is 2.30. The third kappa shape index (κ3) is 5.27. The average molecular weight is 404 g/mol. The molecule has 0 aliphatic heterocycles. The Morgan fingerprint density at radius 3 is 2.67 bits per heavy atom. The Morgan fingerprint density at radius 2 is 1.93 bits per heavy atom. The monoisotopic (exact) mass is 403 g/mol. The largest absolute Gasteiger partial charge is 0.325 e. The van der Waals surface area contributed by atoms with Crippen LogP contribution in [0.3, 0.4) is 0 Å². The van der Waals surface area contributed by atoms with Crippen molar-refractivity contribution < 1.29 is 14.0 Å². The first kappa shape index (κ1) is 19.3. The van der Waals surface area contributed by atoms with Crippen LogP contribution in [-0.4, -0.2) is 27.8 Å². The first-order valence-electron chi connectivity index (χ1n) is 8.26. The Labute approximate surface area is 164 Å². The van der Waals surface area contributed by atoms with Crippen LogP contribution < -0.4 is 10.6 Å². The standard InChI is InChI=1S/C19H18FN3O2S2/c1-11-3-8-15-16(9-11)27-19(22-15)23-18(25)12(2)26-10-17(24)21-14-6-4-13(20)5-7-14/h3-9,12H,10H2,1-2H3,(H,21,24)(H,22,23,25). The molecule has 1 atom stereocenters. The summed E-state index contributed by atoms with van der Waals surface area (Å²) in [5.41, 5.74) is 2.50. The molecule has 1 heterocycles. The van der Waals surface area contributed by atoms with Gasteiger partial charge in [0.1, 0.15) is 5.82 Å². The molecule has 1 aromatic heterocycles. The lowest BCUT2D eigenvalue weighted by atomic mass is 10.2. The second-order valence-electron chi connectivity index (χ2n) is 5.99. The van der Waals surface area contributed by atoms with E-state index in [1.807, 2.05) is 25.1 Å². The summed E-state index contributed by atoms with van der Waals surface area (Å²) < 4.78 is 13.9. The maximum atomic E-state index is 12.9. The highest BCUT2D eigenvalue weighted by Gasteiger charge is 2.17. The number of halogens is 1. The highest BCUT2D eigenvalue weighted by molar-refractivity contribution is 8.01. The number of aryl methyl sites for hydroxylation is 1. The van der Waals surface area contributed by atoms with E-state index in [0.29, 0.717) is 10.8 Å². The summed E-state index contributed by atoms with van der Waals surface area (Å²) in [5, 5.41) is 5.60. The number of thiazole rings is 1. The van der Waals surface area contributed by atoms with Crippen molar-refractivity contribution in [3.63, 3.8) is 0 Å². The number of carbonyl (C=O) groups excluding carboxylic acids is 2. The molecule has 2 N–H and O–H groups in total. The van der Waals surface area contributed by atoms with Gasteiger partial charge in [-0.15, -0.1) is 11.8 Å². The van der Waals surface area contributed by atoms with Crippen LogP contribution in [0.15, 0.2) is 42.5 Å². The van der Waals surface area contributed by atoms with E-state index in [4.69, 9.17) is 0 Å². The van der Waals surface area contributed by atoms with Gasteiger partial charge >= 0.3 is 0 Å². The molecule has 0 radical (unpaired) electrons.